The molecule has 0 aliphatic carbocycles. The van der Waals surface area contributed by atoms with E-state index in [-0.39, 0.29) is 0 Å². The Balaban J connectivity index is 1.97. The molecule has 2 N–H and O–H groups in total. The second-order valence-corrected chi connectivity index (χ2v) is 6.13. The molecule has 1 fully saturated rings. The molecule has 1 saturated heterocycles. The first-order valence-corrected chi connectivity index (χ1v) is 7.74. The Bertz CT molecular complexity index is 369. The number of nitrogens with two attached hydrogens (primary N) is 1. The number of nitrogens with zero attached hydrogens (tertiary/aromatic N) is 1. The summed E-state index contributed by atoms with van der Waals surface area (Å²) in [6.45, 7) is 7.88. The minimum Gasteiger partial charge on any atom is -0.372 e. The van der Waals surface area contributed by atoms with Crippen molar-refractivity contribution >= 4 is 5.69 Å². The molecule has 0 bridgehead atoms. The summed E-state index contributed by atoms with van der Waals surface area (Å²) in [5.41, 5.74) is 8.32. The average molecular weight is 260 g/mol. The van der Waals surface area contributed by atoms with Gasteiger partial charge in [0.2, 0.25) is 0 Å². The summed E-state index contributed by atoms with van der Waals surface area (Å²) < 4.78 is 0. The highest BCUT2D eigenvalue weighted by molar-refractivity contribution is 5.47. The van der Waals surface area contributed by atoms with E-state index in [0.717, 1.165) is 24.8 Å². The summed E-state index contributed by atoms with van der Waals surface area (Å²) in [7, 11) is 0. The highest BCUT2D eigenvalue weighted by Gasteiger charge is 2.19. The van der Waals surface area contributed by atoms with Crippen molar-refractivity contribution < 1.29 is 0 Å². The summed E-state index contributed by atoms with van der Waals surface area (Å²) in [6.07, 6.45) is 5.03. The molecule has 1 aromatic carbocycles. The maximum Gasteiger partial charge on any atom is 0.0366 e. The zero-order valence-electron chi connectivity index (χ0n) is 12.4. The van der Waals surface area contributed by atoms with E-state index >= 15 is 0 Å². The van der Waals surface area contributed by atoms with Gasteiger partial charge in [-0.15, -0.1) is 0 Å². The summed E-state index contributed by atoms with van der Waals surface area (Å²) in [6, 6.07) is 8.99. The molecule has 0 amide bonds. The summed E-state index contributed by atoms with van der Waals surface area (Å²) in [5, 5.41) is 0. The van der Waals surface area contributed by atoms with Gasteiger partial charge in [-0.3, -0.25) is 0 Å². The molecule has 0 radical (unpaired) electrons. The van der Waals surface area contributed by atoms with Crippen molar-refractivity contribution in [3.05, 3.63) is 29.8 Å². The second kappa shape index (κ2) is 6.95. The lowest BCUT2D eigenvalue weighted by atomic mass is 9.89. The Morgan fingerprint density at radius 3 is 2.53 bits per heavy atom. The van der Waals surface area contributed by atoms with Crippen LogP contribution in [0.15, 0.2) is 24.3 Å². The predicted octanol–water partition coefficient (Wildman–Crippen LogP) is 3.45. The lowest BCUT2D eigenvalue weighted by Crippen LogP contribution is -2.24. The predicted molar refractivity (Wildman–Crippen MR) is 83.6 cm³/mol. The van der Waals surface area contributed by atoms with E-state index in [0.29, 0.717) is 0 Å². The van der Waals surface area contributed by atoms with Crippen molar-refractivity contribution in [1.29, 1.82) is 0 Å². The van der Waals surface area contributed by atoms with Gasteiger partial charge in [0.05, 0.1) is 0 Å². The normalized spacial score (nSPS) is 20.6. The largest absolute Gasteiger partial charge is 0.372 e. The molecule has 1 aliphatic rings. The zero-order chi connectivity index (χ0) is 13.7. The Kier molecular flexibility index (Phi) is 5.26. The molecule has 19 heavy (non-hydrogen) atoms. The Labute approximate surface area is 118 Å². The van der Waals surface area contributed by atoms with Crippen molar-refractivity contribution in [2.24, 2.45) is 17.6 Å². The van der Waals surface area contributed by atoms with Crippen LogP contribution in [0.1, 0.15) is 38.7 Å². The van der Waals surface area contributed by atoms with Crippen molar-refractivity contribution in [3.63, 3.8) is 0 Å². The molecule has 0 spiro atoms. The Hall–Kier alpha value is -1.02. The fourth-order valence-electron chi connectivity index (χ4n) is 3.09. The van der Waals surface area contributed by atoms with Crippen LogP contribution in [0.2, 0.25) is 0 Å². The minimum atomic E-state index is 0.735. The Morgan fingerprint density at radius 2 is 1.89 bits per heavy atom. The maximum absolute atomic E-state index is 5.60. The second-order valence-electron chi connectivity index (χ2n) is 6.13. The molecule has 2 heteroatoms. The molecule has 1 aromatic rings. The first-order valence-electron chi connectivity index (χ1n) is 7.74. The topological polar surface area (TPSA) is 29.3 Å². The van der Waals surface area contributed by atoms with E-state index in [4.69, 9.17) is 5.73 Å². The molecule has 1 atom stereocenters. The molecule has 106 valence electrons. The SMILES string of the molecule is CC(C)C1CCCN(c2ccc(CCN)cc2)CC1. The van der Waals surface area contributed by atoms with Crippen LogP contribution in [0.25, 0.3) is 0 Å². The molecule has 1 aliphatic heterocycles. The third-order valence-electron chi connectivity index (χ3n) is 4.45. The van der Waals surface area contributed by atoms with Crippen LogP contribution in [-0.2, 0) is 6.42 Å². The van der Waals surface area contributed by atoms with Crippen LogP contribution in [0.4, 0.5) is 5.69 Å². The number of anilines is 1. The fourth-order valence-corrected chi connectivity index (χ4v) is 3.09. The van der Waals surface area contributed by atoms with Gasteiger partial charge < -0.3 is 10.6 Å². The number of rotatable bonds is 4. The van der Waals surface area contributed by atoms with Gasteiger partial charge in [-0.2, -0.15) is 0 Å². The number of hydrogen-bond acceptors (Lipinski definition) is 2. The van der Waals surface area contributed by atoms with E-state index in [2.05, 4.69) is 43.0 Å². The lowest BCUT2D eigenvalue weighted by molar-refractivity contribution is 0.351. The zero-order valence-corrected chi connectivity index (χ0v) is 12.4. The smallest absolute Gasteiger partial charge is 0.0366 e. The third kappa shape index (κ3) is 3.97. The average Bonchev–Trinajstić information content (AvgIpc) is 2.66. The van der Waals surface area contributed by atoms with Gasteiger partial charge in [-0.1, -0.05) is 26.0 Å². The van der Waals surface area contributed by atoms with Gasteiger partial charge in [0.1, 0.15) is 0 Å². The third-order valence-corrected chi connectivity index (χ3v) is 4.45. The van der Waals surface area contributed by atoms with Crippen LogP contribution in [0.3, 0.4) is 0 Å². The highest BCUT2D eigenvalue weighted by atomic mass is 15.1. The number of hydrogen-bond donors (Lipinski definition) is 1. The van der Waals surface area contributed by atoms with Gasteiger partial charge in [0.25, 0.3) is 0 Å². The number of benzene rings is 1. The standard InChI is InChI=1S/C17H28N2/c1-14(2)16-4-3-12-19(13-10-16)17-7-5-15(6-8-17)9-11-18/h5-8,14,16H,3-4,9-13,18H2,1-2H3. The molecule has 1 heterocycles. The van der Waals surface area contributed by atoms with Crippen molar-refractivity contribution in [3.8, 4) is 0 Å². The monoisotopic (exact) mass is 260 g/mol. The summed E-state index contributed by atoms with van der Waals surface area (Å²) in [5.74, 6) is 1.73. The van der Waals surface area contributed by atoms with Crippen molar-refractivity contribution in [1.82, 2.24) is 0 Å². The summed E-state index contributed by atoms with van der Waals surface area (Å²) in [4.78, 5) is 2.55. The first kappa shape index (κ1) is 14.4. The van der Waals surface area contributed by atoms with Gasteiger partial charge in [0.15, 0.2) is 0 Å². The maximum atomic E-state index is 5.60. The Morgan fingerprint density at radius 1 is 1.16 bits per heavy atom. The highest BCUT2D eigenvalue weighted by Crippen LogP contribution is 2.27. The van der Waals surface area contributed by atoms with E-state index < -0.39 is 0 Å². The summed E-state index contributed by atoms with van der Waals surface area (Å²) >= 11 is 0. The molecule has 2 nitrogen and oxygen atoms in total. The van der Waals surface area contributed by atoms with E-state index in [1.807, 2.05) is 0 Å². The van der Waals surface area contributed by atoms with Gasteiger partial charge in [-0.05, 0) is 61.8 Å². The first-order chi connectivity index (χ1) is 9.20. The van der Waals surface area contributed by atoms with Crippen molar-refractivity contribution in [2.45, 2.75) is 39.5 Å². The van der Waals surface area contributed by atoms with E-state index in [9.17, 15) is 0 Å². The fraction of sp³-hybridized carbons (Fsp3) is 0.647. The minimum absolute atomic E-state index is 0.735. The molecule has 2 rings (SSSR count). The molecular weight excluding hydrogens is 232 g/mol. The van der Waals surface area contributed by atoms with Crippen LogP contribution in [0, 0.1) is 11.8 Å². The van der Waals surface area contributed by atoms with Gasteiger partial charge in [-0.25, -0.2) is 0 Å². The quantitative estimate of drug-likeness (QED) is 0.898. The molecule has 0 aromatic heterocycles. The van der Waals surface area contributed by atoms with E-state index in [1.165, 1.54) is 43.6 Å². The molecular formula is C17H28N2. The van der Waals surface area contributed by atoms with Gasteiger partial charge >= 0.3 is 0 Å². The van der Waals surface area contributed by atoms with Crippen molar-refractivity contribution in [2.75, 3.05) is 24.5 Å². The van der Waals surface area contributed by atoms with Crippen LogP contribution < -0.4 is 10.6 Å². The van der Waals surface area contributed by atoms with Crippen LogP contribution in [-0.4, -0.2) is 19.6 Å². The van der Waals surface area contributed by atoms with Crippen LogP contribution >= 0.6 is 0 Å². The van der Waals surface area contributed by atoms with Gasteiger partial charge in [0, 0.05) is 18.8 Å². The van der Waals surface area contributed by atoms with E-state index in [1.54, 1.807) is 0 Å². The molecule has 1 unspecified atom stereocenters. The molecule has 0 saturated carbocycles. The van der Waals surface area contributed by atoms with Crippen LogP contribution in [0.5, 0.6) is 0 Å². The lowest BCUT2D eigenvalue weighted by Gasteiger charge is -2.23.